The maximum Gasteiger partial charge on any atom is 0.132 e. The molecule has 1 aromatic carbocycles. The summed E-state index contributed by atoms with van der Waals surface area (Å²) in [6, 6.07) is 1.43. The van der Waals surface area contributed by atoms with Crippen LogP contribution in [0.1, 0.15) is 44.6 Å². The van der Waals surface area contributed by atoms with E-state index in [0.717, 1.165) is 25.7 Å². The monoisotopic (exact) mass is 260 g/mol. The number of unbranched alkanes of at least 4 members (excludes halogenated alkanes) is 3. The second-order valence-corrected chi connectivity index (χ2v) is 4.65. The van der Waals surface area contributed by atoms with Gasteiger partial charge in [-0.2, -0.15) is 0 Å². The Bertz CT molecular complexity index is 354. The van der Waals surface area contributed by atoms with E-state index in [4.69, 9.17) is 5.11 Å². The van der Waals surface area contributed by atoms with E-state index in [0.29, 0.717) is 18.6 Å². The van der Waals surface area contributed by atoms with Gasteiger partial charge in [0.05, 0.1) is 6.10 Å². The highest BCUT2D eigenvalue weighted by Gasteiger charge is 2.10. The van der Waals surface area contributed by atoms with Crippen molar-refractivity contribution in [2.75, 3.05) is 0 Å². The largest absolute Gasteiger partial charge is 0.393 e. The van der Waals surface area contributed by atoms with Crippen molar-refractivity contribution in [2.24, 2.45) is 0 Å². The summed E-state index contributed by atoms with van der Waals surface area (Å²) >= 11 is 0. The Hall–Kier alpha value is -1.03. The molecule has 0 saturated heterocycles. The van der Waals surface area contributed by atoms with E-state index >= 15 is 0 Å². The number of benzene rings is 1. The fourth-order valence-electron chi connectivity index (χ4n) is 1.91. The highest BCUT2D eigenvalue weighted by Crippen LogP contribution is 2.18. The lowest BCUT2D eigenvalue weighted by Gasteiger charge is -2.06. The highest BCUT2D eigenvalue weighted by atomic mass is 19.1. The highest BCUT2D eigenvalue weighted by molar-refractivity contribution is 5.20. The van der Waals surface area contributed by atoms with Gasteiger partial charge in [0, 0.05) is 17.7 Å². The van der Waals surface area contributed by atoms with Gasteiger partial charge in [-0.1, -0.05) is 19.3 Å². The number of halogens is 3. The predicted molar refractivity (Wildman–Crippen MR) is 64.8 cm³/mol. The van der Waals surface area contributed by atoms with Crippen molar-refractivity contribution in [2.45, 2.75) is 51.6 Å². The summed E-state index contributed by atoms with van der Waals surface area (Å²) in [6.45, 7) is 1.74. The molecule has 102 valence electrons. The summed E-state index contributed by atoms with van der Waals surface area (Å²) in [7, 11) is 0. The summed E-state index contributed by atoms with van der Waals surface area (Å²) in [5, 5.41) is 9.05. The van der Waals surface area contributed by atoms with Gasteiger partial charge in [0.1, 0.15) is 17.5 Å². The molecule has 0 amide bonds. The first-order valence-electron chi connectivity index (χ1n) is 6.32. The summed E-state index contributed by atoms with van der Waals surface area (Å²) in [5.41, 5.74) is -0.0353. The van der Waals surface area contributed by atoms with Crippen molar-refractivity contribution in [3.63, 3.8) is 0 Å². The molecule has 0 aliphatic carbocycles. The van der Waals surface area contributed by atoms with Gasteiger partial charge in [-0.25, -0.2) is 13.2 Å². The molecule has 0 bridgehead atoms. The van der Waals surface area contributed by atoms with Gasteiger partial charge < -0.3 is 5.11 Å². The molecule has 1 aromatic rings. The van der Waals surface area contributed by atoms with Crippen molar-refractivity contribution < 1.29 is 18.3 Å². The van der Waals surface area contributed by atoms with Crippen molar-refractivity contribution >= 4 is 0 Å². The lowest BCUT2D eigenvalue weighted by Crippen LogP contribution is -1.99. The Morgan fingerprint density at radius 3 is 2.11 bits per heavy atom. The minimum absolute atomic E-state index is 0.0353. The summed E-state index contributed by atoms with van der Waals surface area (Å²) in [6.07, 6.45) is 4.09. The first kappa shape index (κ1) is 15.0. The van der Waals surface area contributed by atoms with E-state index in [-0.39, 0.29) is 18.1 Å². The first-order valence-corrected chi connectivity index (χ1v) is 6.32. The molecule has 1 N–H and O–H groups in total. The van der Waals surface area contributed by atoms with Crippen LogP contribution in [0.15, 0.2) is 12.1 Å². The number of rotatable bonds is 7. The molecule has 0 heterocycles. The molecule has 1 rings (SSSR count). The molecule has 0 aromatic heterocycles. The molecule has 1 nitrogen and oxygen atoms in total. The predicted octanol–water partition coefficient (Wildman–Crippen LogP) is 3.98. The fourth-order valence-corrected chi connectivity index (χ4v) is 1.91. The minimum Gasteiger partial charge on any atom is -0.393 e. The van der Waals surface area contributed by atoms with Crippen LogP contribution < -0.4 is 0 Å². The average molecular weight is 260 g/mol. The van der Waals surface area contributed by atoms with E-state index in [1.807, 2.05) is 0 Å². The lowest BCUT2D eigenvalue weighted by molar-refractivity contribution is 0.180. The summed E-state index contributed by atoms with van der Waals surface area (Å²) in [5.74, 6) is -2.50. The molecule has 0 radical (unpaired) electrons. The number of hydrogen-bond acceptors (Lipinski definition) is 1. The van der Waals surface area contributed by atoms with E-state index in [1.165, 1.54) is 0 Å². The van der Waals surface area contributed by atoms with Gasteiger partial charge >= 0.3 is 0 Å². The molecule has 0 saturated carbocycles. The Kier molecular flexibility index (Phi) is 6.19. The molecular weight excluding hydrogens is 241 g/mol. The molecule has 1 unspecified atom stereocenters. The topological polar surface area (TPSA) is 20.2 Å². The second kappa shape index (κ2) is 7.41. The molecule has 0 fully saturated rings. The normalized spacial score (nSPS) is 12.7. The quantitative estimate of drug-likeness (QED) is 0.735. The molecule has 0 spiro atoms. The van der Waals surface area contributed by atoms with Crippen molar-refractivity contribution in [1.82, 2.24) is 0 Å². The third-order valence-corrected chi connectivity index (χ3v) is 2.90. The molecule has 0 aliphatic heterocycles. The van der Waals surface area contributed by atoms with E-state index in [2.05, 4.69) is 0 Å². The van der Waals surface area contributed by atoms with Crippen LogP contribution in [0.3, 0.4) is 0 Å². The van der Waals surface area contributed by atoms with Crippen LogP contribution in [-0.4, -0.2) is 11.2 Å². The Morgan fingerprint density at radius 2 is 1.56 bits per heavy atom. The van der Waals surface area contributed by atoms with E-state index in [9.17, 15) is 13.2 Å². The van der Waals surface area contributed by atoms with Crippen LogP contribution in [0.4, 0.5) is 13.2 Å². The van der Waals surface area contributed by atoms with Crippen LogP contribution in [0.2, 0.25) is 0 Å². The fraction of sp³-hybridized carbons (Fsp3) is 0.571. The third-order valence-electron chi connectivity index (χ3n) is 2.90. The molecule has 0 aliphatic rings. The van der Waals surface area contributed by atoms with Crippen LogP contribution in [-0.2, 0) is 6.42 Å². The molecule has 1 atom stereocenters. The zero-order valence-corrected chi connectivity index (χ0v) is 10.6. The number of hydrogen-bond donors (Lipinski definition) is 1. The van der Waals surface area contributed by atoms with Crippen LogP contribution in [0.25, 0.3) is 0 Å². The SMILES string of the molecule is CC(O)CCCCCCc1c(F)cc(F)cc1F. The van der Waals surface area contributed by atoms with Crippen molar-refractivity contribution in [3.8, 4) is 0 Å². The molecule has 4 heteroatoms. The van der Waals surface area contributed by atoms with Crippen LogP contribution >= 0.6 is 0 Å². The first-order chi connectivity index (χ1) is 8.50. The van der Waals surface area contributed by atoms with Gasteiger partial charge in [0.15, 0.2) is 0 Å². The maximum absolute atomic E-state index is 13.3. The van der Waals surface area contributed by atoms with Gasteiger partial charge in [-0.15, -0.1) is 0 Å². The van der Waals surface area contributed by atoms with Crippen molar-refractivity contribution in [1.29, 1.82) is 0 Å². The zero-order chi connectivity index (χ0) is 13.5. The maximum atomic E-state index is 13.3. The smallest absolute Gasteiger partial charge is 0.132 e. The number of aliphatic hydroxyl groups excluding tert-OH is 1. The van der Waals surface area contributed by atoms with Crippen LogP contribution in [0.5, 0.6) is 0 Å². The number of aliphatic hydroxyl groups is 1. The molecule has 18 heavy (non-hydrogen) atoms. The van der Waals surface area contributed by atoms with Gasteiger partial charge in [0.2, 0.25) is 0 Å². The third kappa shape index (κ3) is 5.08. The Balaban J connectivity index is 2.31. The van der Waals surface area contributed by atoms with Gasteiger partial charge in [-0.3, -0.25) is 0 Å². The summed E-state index contributed by atoms with van der Waals surface area (Å²) in [4.78, 5) is 0. The van der Waals surface area contributed by atoms with Gasteiger partial charge in [0.25, 0.3) is 0 Å². The summed E-state index contributed by atoms with van der Waals surface area (Å²) < 4.78 is 39.2. The van der Waals surface area contributed by atoms with E-state index in [1.54, 1.807) is 6.92 Å². The standard InChI is InChI=1S/C14H19F3O/c1-10(18)6-4-2-3-5-7-12-13(16)8-11(15)9-14(12)17/h8-10,18H,2-7H2,1H3. The molecular formula is C14H19F3O. The second-order valence-electron chi connectivity index (χ2n) is 4.65. The van der Waals surface area contributed by atoms with Crippen molar-refractivity contribution in [3.05, 3.63) is 35.1 Å². The lowest BCUT2D eigenvalue weighted by atomic mass is 10.0. The van der Waals surface area contributed by atoms with E-state index < -0.39 is 17.5 Å². The Morgan fingerprint density at radius 1 is 1.00 bits per heavy atom. The average Bonchev–Trinajstić information content (AvgIpc) is 2.25. The van der Waals surface area contributed by atoms with Gasteiger partial charge in [-0.05, 0) is 26.2 Å². The Labute approximate surface area is 106 Å². The van der Waals surface area contributed by atoms with Crippen LogP contribution in [0, 0.1) is 17.5 Å². The minimum atomic E-state index is -0.884. The zero-order valence-electron chi connectivity index (χ0n) is 10.6.